The molecule has 1 aromatic rings. The molecule has 7 nitrogen and oxygen atoms in total. The van der Waals surface area contributed by atoms with Crippen molar-refractivity contribution in [2.45, 2.75) is 71.6 Å². The molecule has 2 amide bonds. The second-order valence-electron chi connectivity index (χ2n) is 7.31. The molecular formula is C17H28N4O3S. The maximum Gasteiger partial charge on any atom is 0.408 e. The van der Waals surface area contributed by atoms with Crippen LogP contribution in [0.5, 0.6) is 0 Å². The minimum Gasteiger partial charge on any atom is -0.444 e. The van der Waals surface area contributed by atoms with Gasteiger partial charge in [0, 0.05) is 5.54 Å². The van der Waals surface area contributed by atoms with Crippen molar-refractivity contribution < 1.29 is 14.3 Å². The lowest BCUT2D eigenvalue weighted by atomic mass is 9.97. The number of aromatic nitrogens is 2. The molecule has 8 heteroatoms. The normalized spacial score (nSPS) is 13.0. The molecule has 0 aliphatic rings. The van der Waals surface area contributed by atoms with E-state index in [-0.39, 0.29) is 5.91 Å². The van der Waals surface area contributed by atoms with Gasteiger partial charge >= 0.3 is 6.09 Å². The van der Waals surface area contributed by atoms with Crippen molar-refractivity contribution in [2.24, 2.45) is 0 Å². The third-order valence-electron chi connectivity index (χ3n) is 3.41. The lowest BCUT2D eigenvalue weighted by molar-refractivity contribution is -0.121. The van der Waals surface area contributed by atoms with Crippen LogP contribution in [-0.4, -0.2) is 39.4 Å². The molecule has 0 aromatic carbocycles. The molecular weight excluding hydrogens is 340 g/mol. The van der Waals surface area contributed by atoms with E-state index in [1.807, 2.05) is 20.8 Å². The van der Waals surface area contributed by atoms with Gasteiger partial charge in [0.25, 0.3) is 5.91 Å². The molecule has 25 heavy (non-hydrogen) atoms. The molecule has 140 valence electrons. The summed E-state index contributed by atoms with van der Waals surface area (Å²) in [5, 5.41) is 11.0. The summed E-state index contributed by atoms with van der Waals surface area (Å²) in [6.45, 7) is 14.8. The molecule has 0 bridgehead atoms. The van der Waals surface area contributed by atoms with Crippen molar-refractivity contribution in [3.8, 4) is 0 Å². The Balaban J connectivity index is 3.06. The summed E-state index contributed by atoms with van der Waals surface area (Å²) in [5.41, 5.74) is 0.385. The Morgan fingerprint density at radius 2 is 2.04 bits per heavy atom. The molecule has 1 N–H and O–H groups in total. The predicted molar refractivity (Wildman–Crippen MR) is 99.7 cm³/mol. The van der Waals surface area contributed by atoms with Crippen LogP contribution in [0.25, 0.3) is 0 Å². The molecule has 1 rings (SSSR count). The molecule has 0 spiro atoms. The zero-order valence-corrected chi connectivity index (χ0v) is 16.6. The number of carbonyl (C=O) groups excluding carboxylic acids is 2. The van der Waals surface area contributed by atoms with Crippen LogP contribution < -0.4 is 10.2 Å². The first-order valence-corrected chi connectivity index (χ1v) is 9.10. The summed E-state index contributed by atoms with van der Waals surface area (Å²) in [5.74, 6) is -0.253. The van der Waals surface area contributed by atoms with E-state index in [0.29, 0.717) is 18.0 Å². The van der Waals surface area contributed by atoms with E-state index < -0.39 is 23.3 Å². The molecule has 0 saturated heterocycles. The molecule has 0 radical (unpaired) electrons. The van der Waals surface area contributed by atoms with E-state index in [1.165, 1.54) is 11.3 Å². The third kappa shape index (κ3) is 6.12. The summed E-state index contributed by atoms with van der Waals surface area (Å²) < 4.78 is 5.26. The number of carbonyl (C=O) groups is 2. The second kappa shape index (κ2) is 8.42. The van der Waals surface area contributed by atoms with Gasteiger partial charge in [-0.2, -0.15) is 0 Å². The summed E-state index contributed by atoms with van der Waals surface area (Å²) in [7, 11) is 0. The van der Waals surface area contributed by atoms with Crippen molar-refractivity contribution in [2.75, 3.05) is 4.90 Å². The average Bonchev–Trinajstić information content (AvgIpc) is 2.96. The Bertz CT molecular complexity index is 594. The number of ether oxygens (including phenoxy) is 1. The Morgan fingerprint density at radius 3 is 2.48 bits per heavy atom. The van der Waals surface area contributed by atoms with Gasteiger partial charge in [0.05, 0.1) is 0 Å². The van der Waals surface area contributed by atoms with Gasteiger partial charge in [-0.25, -0.2) is 4.79 Å². The van der Waals surface area contributed by atoms with Crippen LogP contribution >= 0.6 is 11.3 Å². The fourth-order valence-electron chi connectivity index (χ4n) is 2.30. The third-order valence-corrected chi connectivity index (χ3v) is 4.08. The standard InChI is InChI=1S/C17H28N4O3S/c1-8-10-17(6,7)21(14-20-18-11-25-14)13(22)12(9-2)19-15(23)24-16(3,4)5/h8,11-12H,1,9-10H2,2-7H3,(H,19,23). The molecule has 0 aliphatic carbocycles. The van der Waals surface area contributed by atoms with Crippen molar-refractivity contribution >= 4 is 28.5 Å². The van der Waals surface area contributed by atoms with Crippen LogP contribution in [-0.2, 0) is 9.53 Å². The number of nitrogens with one attached hydrogen (secondary N) is 1. The molecule has 0 aliphatic heterocycles. The zero-order valence-electron chi connectivity index (χ0n) is 15.8. The summed E-state index contributed by atoms with van der Waals surface area (Å²) in [6.07, 6.45) is 2.13. The topological polar surface area (TPSA) is 84.4 Å². The summed E-state index contributed by atoms with van der Waals surface area (Å²) >= 11 is 1.27. The lowest BCUT2D eigenvalue weighted by Crippen LogP contribution is -2.56. The first kappa shape index (κ1) is 21.1. The van der Waals surface area contributed by atoms with Gasteiger partial charge in [0.15, 0.2) is 0 Å². The maximum atomic E-state index is 13.2. The Morgan fingerprint density at radius 1 is 1.40 bits per heavy atom. The number of amides is 2. The van der Waals surface area contributed by atoms with Gasteiger partial charge in [0.1, 0.15) is 17.2 Å². The Labute approximate surface area is 153 Å². The molecule has 0 fully saturated rings. The number of alkyl carbamates (subject to hydrolysis) is 1. The van der Waals surface area contributed by atoms with Crippen LogP contribution in [0, 0.1) is 0 Å². The fourth-order valence-corrected chi connectivity index (χ4v) is 3.03. The van der Waals surface area contributed by atoms with Gasteiger partial charge in [-0.3, -0.25) is 9.69 Å². The Kier molecular flexibility index (Phi) is 7.10. The van der Waals surface area contributed by atoms with Gasteiger partial charge in [-0.1, -0.05) is 24.3 Å². The molecule has 1 unspecified atom stereocenters. The van der Waals surface area contributed by atoms with Gasteiger partial charge in [0.2, 0.25) is 5.13 Å². The van der Waals surface area contributed by atoms with E-state index >= 15 is 0 Å². The maximum absolute atomic E-state index is 13.2. The van der Waals surface area contributed by atoms with Crippen LogP contribution in [0.4, 0.5) is 9.93 Å². The highest BCUT2D eigenvalue weighted by Gasteiger charge is 2.37. The number of hydrogen-bond donors (Lipinski definition) is 1. The number of rotatable bonds is 7. The van der Waals surface area contributed by atoms with E-state index in [1.54, 1.807) is 37.3 Å². The van der Waals surface area contributed by atoms with Crippen molar-refractivity contribution in [1.82, 2.24) is 15.5 Å². The Hall–Kier alpha value is -1.96. The minimum absolute atomic E-state index is 0.253. The predicted octanol–water partition coefficient (Wildman–Crippen LogP) is 3.53. The molecule has 1 heterocycles. The number of nitrogens with zero attached hydrogens (tertiary/aromatic N) is 3. The van der Waals surface area contributed by atoms with Crippen LogP contribution in [0.1, 0.15) is 54.4 Å². The van der Waals surface area contributed by atoms with E-state index in [2.05, 4.69) is 22.1 Å². The first-order valence-electron chi connectivity index (χ1n) is 8.22. The highest BCUT2D eigenvalue weighted by Crippen LogP contribution is 2.29. The largest absolute Gasteiger partial charge is 0.444 e. The molecule has 0 saturated carbocycles. The lowest BCUT2D eigenvalue weighted by Gasteiger charge is -2.38. The highest BCUT2D eigenvalue weighted by atomic mass is 32.1. The van der Waals surface area contributed by atoms with Crippen LogP contribution in [0.2, 0.25) is 0 Å². The monoisotopic (exact) mass is 368 g/mol. The quantitative estimate of drug-likeness (QED) is 0.744. The summed E-state index contributed by atoms with van der Waals surface area (Å²) in [6, 6.07) is -0.720. The van der Waals surface area contributed by atoms with Crippen molar-refractivity contribution in [1.29, 1.82) is 0 Å². The molecule has 1 aromatic heterocycles. The smallest absolute Gasteiger partial charge is 0.408 e. The van der Waals surface area contributed by atoms with Crippen LogP contribution in [0.3, 0.4) is 0 Å². The SMILES string of the molecule is C=CCC(C)(C)N(C(=O)C(CC)NC(=O)OC(C)(C)C)c1nncs1. The average molecular weight is 369 g/mol. The van der Waals surface area contributed by atoms with Gasteiger partial charge in [-0.15, -0.1) is 16.8 Å². The molecule has 1 atom stereocenters. The zero-order chi connectivity index (χ0) is 19.3. The summed E-state index contributed by atoms with van der Waals surface area (Å²) in [4.78, 5) is 26.8. The minimum atomic E-state index is -0.720. The van der Waals surface area contributed by atoms with Crippen molar-refractivity contribution in [3.63, 3.8) is 0 Å². The fraction of sp³-hybridized carbons (Fsp3) is 0.647. The van der Waals surface area contributed by atoms with Gasteiger partial charge < -0.3 is 10.1 Å². The van der Waals surface area contributed by atoms with Crippen LogP contribution in [0.15, 0.2) is 18.2 Å². The number of anilines is 1. The highest BCUT2D eigenvalue weighted by molar-refractivity contribution is 7.13. The van der Waals surface area contributed by atoms with E-state index in [9.17, 15) is 9.59 Å². The number of hydrogen-bond acceptors (Lipinski definition) is 6. The second-order valence-corrected chi connectivity index (χ2v) is 8.12. The van der Waals surface area contributed by atoms with Gasteiger partial charge in [-0.05, 0) is 47.5 Å². The van der Waals surface area contributed by atoms with E-state index in [0.717, 1.165) is 0 Å². The first-order chi connectivity index (χ1) is 11.5. The van der Waals surface area contributed by atoms with Crippen molar-refractivity contribution in [3.05, 3.63) is 18.2 Å². The van der Waals surface area contributed by atoms with E-state index in [4.69, 9.17) is 4.74 Å².